The van der Waals surface area contributed by atoms with Crippen molar-refractivity contribution >= 4 is 33.5 Å². The molecule has 3 rings (SSSR count). The number of nitrogens with one attached hydrogen (secondary N) is 2. The highest BCUT2D eigenvalue weighted by Gasteiger charge is 2.44. The van der Waals surface area contributed by atoms with E-state index in [1.807, 2.05) is 41.5 Å². The van der Waals surface area contributed by atoms with Crippen LogP contribution >= 0.6 is 0 Å². The van der Waals surface area contributed by atoms with Crippen LogP contribution in [0, 0.1) is 29.6 Å². The number of ether oxygens (including phenoxy) is 2. The van der Waals surface area contributed by atoms with Crippen molar-refractivity contribution in [2.24, 2.45) is 35.3 Å². The quantitative estimate of drug-likeness (QED) is 0.166. The molecular formula is C40H67N5O8S. The Morgan fingerprint density at radius 1 is 0.981 bits per heavy atom. The lowest BCUT2D eigenvalue weighted by molar-refractivity contribution is -0.149. The first-order valence-electron chi connectivity index (χ1n) is 19.6. The summed E-state index contributed by atoms with van der Waals surface area (Å²) in [6, 6.07) is 4.96. The molecular weight excluding hydrogens is 711 g/mol. The number of Topliss-reactive ketones (excluding diaryl/α,β-unsaturated/α-hetero) is 1. The minimum absolute atomic E-state index is 0.00712. The molecule has 13 nitrogen and oxygen atoms in total. The van der Waals surface area contributed by atoms with Crippen LogP contribution < -0.4 is 15.8 Å². The summed E-state index contributed by atoms with van der Waals surface area (Å²) in [6.45, 7) is 13.9. The predicted molar refractivity (Wildman–Crippen MR) is 209 cm³/mol. The Morgan fingerprint density at radius 2 is 1.59 bits per heavy atom. The van der Waals surface area contributed by atoms with Crippen LogP contribution in [0.15, 0.2) is 29.2 Å². The Morgan fingerprint density at radius 3 is 2.07 bits per heavy atom. The second kappa shape index (κ2) is 19.3. The highest BCUT2D eigenvalue weighted by Crippen LogP contribution is 2.42. The number of methoxy groups -OCH3 is 2. The molecule has 1 saturated heterocycles. The molecule has 0 bridgehead atoms. The normalized spacial score (nSPS) is 20.9. The highest BCUT2D eigenvalue weighted by atomic mass is 32.2. The lowest BCUT2D eigenvalue weighted by atomic mass is 9.84. The Kier molecular flexibility index (Phi) is 16.3. The molecule has 1 saturated carbocycles. The Labute approximate surface area is 323 Å². The number of carbonyl (C=O) groups excluding carboxylic acids is 4. The van der Waals surface area contributed by atoms with Crippen LogP contribution in [0.4, 0.5) is 0 Å². The molecule has 2 aliphatic rings. The smallest absolute Gasteiger partial charge is 0.264 e. The number of likely N-dealkylation sites (N-methyl/N-ethyl adjacent to an activating group) is 2. The molecule has 0 unspecified atom stereocenters. The van der Waals surface area contributed by atoms with Crippen molar-refractivity contribution in [1.29, 1.82) is 0 Å². The van der Waals surface area contributed by atoms with Gasteiger partial charge in [-0.05, 0) is 68.2 Å². The number of benzene rings is 1. The minimum Gasteiger partial charge on any atom is -0.379 e. The second-order valence-electron chi connectivity index (χ2n) is 16.3. The van der Waals surface area contributed by atoms with Crippen molar-refractivity contribution in [2.45, 2.75) is 134 Å². The number of amides is 3. The van der Waals surface area contributed by atoms with Gasteiger partial charge in [-0.1, -0.05) is 67.0 Å². The molecule has 2 fully saturated rings. The molecule has 4 N–H and O–H groups in total. The standard InChI is InChI=1S/C40H67N5O8S/c1-12-26(6)36(44(9)39(49)30(24(2)3)22-32(46)35(42-8)25(4)5)33(52-10)23-34(47)45-21-13-14-31(45)37(53-11)27(7)38(48)43-54(50,51)29-17-15-28(16-18-29)40(41)19-20-40/h15-18,24-27,30-31,33,35-37,42H,12-14,19-23,41H2,1-11H3,(H,43,48)/t26-,27+,30-,31-,33+,35-,36-,37+/m0/s1. The zero-order valence-corrected chi connectivity index (χ0v) is 35.2. The summed E-state index contributed by atoms with van der Waals surface area (Å²) in [5.74, 6) is -2.61. The summed E-state index contributed by atoms with van der Waals surface area (Å²) in [6.07, 6.45) is 2.29. The summed E-state index contributed by atoms with van der Waals surface area (Å²) < 4.78 is 40.4. The van der Waals surface area contributed by atoms with Crippen LogP contribution in [0.1, 0.15) is 99.0 Å². The van der Waals surface area contributed by atoms with Crippen LogP contribution in [0.3, 0.4) is 0 Å². The molecule has 3 amide bonds. The van der Waals surface area contributed by atoms with Crippen molar-refractivity contribution in [3.63, 3.8) is 0 Å². The molecule has 1 heterocycles. The number of hydrogen-bond donors (Lipinski definition) is 3. The fourth-order valence-corrected chi connectivity index (χ4v) is 9.12. The lowest BCUT2D eigenvalue weighted by Gasteiger charge is -2.41. The van der Waals surface area contributed by atoms with Crippen LogP contribution in [-0.4, -0.2) is 107 Å². The summed E-state index contributed by atoms with van der Waals surface area (Å²) in [5.41, 5.74) is 6.68. The Bertz CT molecular complexity index is 1550. The fourth-order valence-electron chi connectivity index (χ4n) is 8.06. The highest BCUT2D eigenvalue weighted by molar-refractivity contribution is 7.90. The topological polar surface area (TPSA) is 177 Å². The van der Waals surface area contributed by atoms with E-state index >= 15 is 0 Å². The number of hydrogen-bond acceptors (Lipinski definition) is 10. The molecule has 0 aromatic heterocycles. The molecule has 0 spiro atoms. The zero-order chi connectivity index (χ0) is 40.7. The first-order valence-corrected chi connectivity index (χ1v) is 21.0. The zero-order valence-electron chi connectivity index (χ0n) is 34.4. The van der Waals surface area contributed by atoms with Gasteiger partial charge in [0, 0.05) is 45.7 Å². The van der Waals surface area contributed by atoms with Gasteiger partial charge in [0.15, 0.2) is 5.78 Å². The Balaban J connectivity index is 1.76. The van der Waals surface area contributed by atoms with E-state index in [0.717, 1.165) is 24.8 Å². The number of carbonyl (C=O) groups is 4. The summed E-state index contributed by atoms with van der Waals surface area (Å²) in [4.78, 5) is 58.4. The van der Waals surface area contributed by atoms with E-state index in [-0.39, 0.29) is 59.1 Å². The summed E-state index contributed by atoms with van der Waals surface area (Å²) in [5, 5.41) is 3.09. The van der Waals surface area contributed by atoms with E-state index in [4.69, 9.17) is 15.2 Å². The molecule has 8 atom stereocenters. The number of ketones is 1. The molecule has 1 aromatic carbocycles. The predicted octanol–water partition coefficient (Wildman–Crippen LogP) is 3.84. The molecule has 0 radical (unpaired) electrons. The average molecular weight is 778 g/mol. The fraction of sp³-hybridized carbons (Fsp3) is 0.750. The first kappa shape index (κ1) is 45.5. The Hall–Kier alpha value is -2.91. The van der Waals surface area contributed by atoms with Gasteiger partial charge in [-0.25, -0.2) is 13.1 Å². The van der Waals surface area contributed by atoms with Crippen molar-refractivity contribution in [3.05, 3.63) is 29.8 Å². The van der Waals surface area contributed by atoms with Crippen LogP contribution in [0.25, 0.3) is 0 Å². The monoisotopic (exact) mass is 777 g/mol. The van der Waals surface area contributed by atoms with Crippen molar-refractivity contribution in [3.8, 4) is 0 Å². The number of likely N-dealkylation sites (tertiary alicyclic amines) is 1. The van der Waals surface area contributed by atoms with Crippen LogP contribution in [-0.2, 0) is 44.2 Å². The molecule has 306 valence electrons. The van der Waals surface area contributed by atoms with Crippen LogP contribution in [0.5, 0.6) is 0 Å². The van der Waals surface area contributed by atoms with Gasteiger partial charge in [0.2, 0.25) is 17.7 Å². The van der Waals surface area contributed by atoms with Crippen molar-refractivity contribution in [1.82, 2.24) is 19.8 Å². The average Bonchev–Trinajstić information content (AvgIpc) is 3.69. The molecule has 1 aliphatic carbocycles. The maximum Gasteiger partial charge on any atom is 0.264 e. The van der Waals surface area contributed by atoms with E-state index in [1.54, 1.807) is 43.0 Å². The maximum atomic E-state index is 14.2. The van der Waals surface area contributed by atoms with Crippen molar-refractivity contribution < 1.29 is 37.1 Å². The second-order valence-corrected chi connectivity index (χ2v) is 18.0. The third-order valence-corrected chi connectivity index (χ3v) is 13.3. The van der Waals surface area contributed by atoms with E-state index in [9.17, 15) is 27.6 Å². The SMILES string of the molecule is CC[C@H](C)[C@@H]([C@@H](CC(=O)N1CCC[C@H]1[C@H](OC)[C@@H](C)C(=O)NS(=O)(=O)c1ccc(C2(N)CC2)cc1)OC)N(C)C(=O)[C@@H](CC(=O)[C@@H](NC)C(C)C)C(C)C. The van der Waals surface area contributed by atoms with Gasteiger partial charge in [0.05, 0.1) is 47.6 Å². The van der Waals surface area contributed by atoms with Gasteiger partial charge in [0.1, 0.15) is 0 Å². The molecule has 14 heteroatoms. The van der Waals surface area contributed by atoms with Gasteiger partial charge in [-0.3, -0.25) is 19.2 Å². The summed E-state index contributed by atoms with van der Waals surface area (Å²) >= 11 is 0. The summed E-state index contributed by atoms with van der Waals surface area (Å²) in [7, 11) is 2.31. The van der Waals surface area contributed by atoms with E-state index in [1.165, 1.54) is 26.4 Å². The van der Waals surface area contributed by atoms with Crippen molar-refractivity contribution in [2.75, 3.05) is 34.9 Å². The number of sulfonamides is 1. The third kappa shape index (κ3) is 10.7. The van der Waals surface area contributed by atoms with E-state index in [0.29, 0.717) is 19.4 Å². The largest absolute Gasteiger partial charge is 0.379 e. The van der Waals surface area contributed by atoms with Gasteiger partial charge in [-0.2, -0.15) is 0 Å². The first-order chi connectivity index (χ1) is 25.3. The van der Waals surface area contributed by atoms with Crippen LogP contribution in [0.2, 0.25) is 0 Å². The molecule has 54 heavy (non-hydrogen) atoms. The van der Waals surface area contributed by atoms with E-state index < -0.39 is 57.6 Å². The van der Waals surface area contributed by atoms with E-state index in [2.05, 4.69) is 10.0 Å². The van der Waals surface area contributed by atoms with Gasteiger partial charge in [-0.15, -0.1) is 0 Å². The minimum atomic E-state index is -4.17. The number of nitrogens with zero attached hydrogens (tertiary/aromatic N) is 2. The number of nitrogens with two attached hydrogens (primary N) is 1. The van der Waals surface area contributed by atoms with Gasteiger partial charge < -0.3 is 30.3 Å². The third-order valence-electron chi connectivity index (χ3n) is 11.9. The number of rotatable bonds is 21. The lowest BCUT2D eigenvalue weighted by Crippen LogP contribution is -2.54. The molecule has 1 aromatic rings. The van der Waals surface area contributed by atoms with Gasteiger partial charge >= 0.3 is 0 Å². The maximum absolute atomic E-state index is 14.2. The van der Waals surface area contributed by atoms with Gasteiger partial charge in [0.25, 0.3) is 10.0 Å². The molecule has 1 aliphatic heterocycles.